The molecule has 3 atom stereocenters. The van der Waals surface area contributed by atoms with Crippen LogP contribution in [0.1, 0.15) is 30.1 Å². The van der Waals surface area contributed by atoms with Crippen molar-refractivity contribution >= 4 is 11.9 Å². The van der Waals surface area contributed by atoms with Gasteiger partial charge in [-0.3, -0.25) is 9.69 Å². The van der Waals surface area contributed by atoms with E-state index in [1.807, 2.05) is 55.5 Å². The number of morpholine rings is 1. The lowest BCUT2D eigenvalue weighted by Crippen LogP contribution is -2.49. The number of esters is 1. The number of methoxy groups -OCH3 is 1. The molecule has 7 nitrogen and oxygen atoms in total. The van der Waals surface area contributed by atoms with Crippen LogP contribution in [-0.2, 0) is 19.1 Å². The number of amides is 1. The van der Waals surface area contributed by atoms with Crippen LogP contribution in [0.25, 0.3) is 0 Å². The number of rotatable bonds is 4. The maximum absolute atomic E-state index is 13.9. The summed E-state index contributed by atoms with van der Waals surface area (Å²) in [4.78, 5) is 29.0. The van der Waals surface area contributed by atoms with Gasteiger partial charge in [0.25, 0.3) is 5.91 Å². The van der Waals surface area contributed by atoms with Crippen LogP contribution in [0, 0.1) is 0 Å². The highest BCUT2D eigenvalue weighted by Crippen LogP contribution is 2.51. The first-order valence-electron chi connectivity index (χ1n) is 11.0. The number of benzene rings is 2. The van der Waals surface area contributed by atoms with E-state index in [9.17, 15) is 9.59 Å². The fourth-order valence-electron chi connectivity index (χ4n) is 5.22. The largest absolute Gasteiger partial charge is 0.466 e. The van der Waals surface area contributed by atoms with Crippen molar-refractivity contribution in [1.29, 1.82) is 0 Å². The Morgan fingerprint density at radius 2 is 1.53 bits per heavy atom. The summed E-state index contributed by atoms with van der Waals surface area (Å²) in [7, 11) is 1.39. The zero-order valence-corrected chi connectivity index (χ0v) is 18.3. The lowest BCUT2D eigenvalue weighted by atomic mass is 9.92. The fourth-order valence-corrected chi connectivity index (χ4v) is 5.22. The summed E-state index contributed by atoms with van der Waals surface area (Å²) in [6.45, 7) is 4.45. The van der Waals surface area contributed by atoms with Gasteiger partial charge in [0, 0.05) is 18.8 Å². The van der Waals surface area contributed by atoms with E-state index in [4.69, 9.17) is 9.47 Å². The number of nitrogens with zero attached hydrogens (tertiary/aromatic N) is 3. The molecule has 166 valence electrons. The highest BCUT2D eigenvalue weighted by molar-refractivity contribution is 5.95. The number of ether oxygens (including phenoxy) is 2. The topological polar surface area (TPSA) is 62.3 Å². The molecule has 3 heterocycles. The van der Waals surface area contributed by atoms with Gasteiger partial charge in [-0.05, 0) is 18.1 Å². The summed E-state index contributed by atoms with van der Waals surface area (Å²) in [6, 6.07) is 18.9. The Morgan fingerprint density at radius 1 is 0.938 bits per heavy atom. The first kappa shape index (κ1) is 20.9. The van der Waals surface area contributed by atoms with E-state index >= 15 is 0 Å². The molecule has 0 aromatic heterocycles. The van der Waals surface area contributed by atoms with E-state index in [-0.39, 0.29) is 18.0 Å². The summed E-state index contributed by atoms with van der Waals surface area (Å²) in [5.41, 5.74) is 3.13. The number of carbonyl (C=O) groups is 2. The van der Waals surface area contributed by atoms with Gasteiger partial charge in [0.1, 0.15) is 6.04 Å². The molecule has 3 aliphatic heterocycles. The maximum atomic E-state index is 13.9. The molecule has 7 heteroatoms. The third-order valence-corrected chi connectivity index (χ3v) is 6.62. The third-order valence-electron chi connectivity index (χ3n) is 6.62. The molecular formula is C25H27N3O4. The second-order valence-corrected chi connectivity index (χ2v) is 8.28. The van der Waals surface area contributed by atoms with Gasteiger partial charge in [-0.2, -0.15) is 5.01 Å². The first-order valence-corrected chi connectivity index (χ1v) is 11.0. The van der Waals surface area contributed by atoms with Gasteiger partial charge < -0.3 is 9.47 Å². The molecule has 0 unspecified atom stereocenters. The second kappa shape index (κ2) is 8.50. The van der Waals surface area contributed by atoms with Crippen LogP contribution in [0.2, 0.25) is 0 Å². The highest BCUT2D eigenvalue weighted by Gasteiger charge is 2.58. The van der Waals surface area contributed by atoms with E-state index in [0.29, 0.717) is 37.6 Å². The van der Waals surface area contributed by atoms with Gasteiger partial charge in [-0.25, -0.2) is 9.80 Å². The Morgan fingerprint density at radius 3 is 2.12 bits per heavy atom. The van der Waals surface area contributed by atoms with Crippen molar-refractivity contribution in [3.8, 4) is 0 Å². The average molecular weight is 434 g/mol. The predicted molar refractivity (Wildman–Crippen MR) is 118 cm³/mol. The van der Waals surface area contributed by atoms with Crippen molar-refractivity contribution in [2.24, 2.45) is 0 Å². The summed E-state index contributed by atoms with van der Waals surface area (Å²) in [5.74, 6) is -0.425. The summed E-state index contributed by atoms with van der Waals surface area (Å²) in [6.07, 6.45) is 0. The Hall–Kier alpha value is -3.00. The van der Waals surface area contributed by atoms with Crippen LogP contribution in [0.3, 0.4) is 0 Å². The van der Waals surface area contributed by atoms with Crippen LogP contribution >= 0.6 is 0 Å². The van der Waals surface area contributed by atoms with Gasteiger partial charge in [-0.1, -0.05) is 60.7 Å². The van der Waals surface area contributed by atoms with Crippen LogP contribution in [0.4, 0.5) is 0 Å². The van der Waals surface area contributed by atoms with E-state index < -0.39 is 12.0 Å². The monoisotopic (exact) mass is 433 g/mol. The number of hydrazine groups is 1. The summed E-state index contributed by atoms with van der Waals surface area (Å²) in [5, 5.41) is 3.79. The van der Waals surface area contributed by atoms with Crippen LogP contribution in [0.15, 0.2) is 71.9 Å². The molecule has 2 fully saturated rings. The fraction of sp³-hybridized carbons (Fsp3) is 0.360. The lowest BCUT2D eigenvalue weighted by molar-refractivity contribution is -0.139. The molecule has 1 amide bonds. The molecule has 0 aliphatic carbocycles. The molecule has 2 aromatic carbocycles. The Bertz CT molecular complexity index is 1030. The van der Waals surface area contributed by atoms with Gasteiger partial charge >= 0.3 is 5.97 Å². The Kier molecular flexibility index (Phi) is 5.55. The van der Waals surface area contributed by atoms with Crippen molar-refractivity contribution in [2.75, 3.05) is 33.4 Å². The standard InChI is InChI=1S/C25H27N3O4/c1-17-20(25(30)31-2)21(18-9-5-3-6-10-18)28-22(19-11-7-4-8-12-19)23(24(29)27(17)28)26-13-15-32-16-14-26/h3-12,21-23H,13-16H2,1-2H3/t21-,22+,23+/m0/s1. The number of hydrogen-bond acceptors (Lipinski definition) is 6. The molecule has 2 saturated heterocycles. The summed E-state index contributed by atoms with van der Waals surface area (Å²) >= 11 is 0. The molecule has 5 rings (SSSR count). The lowest BCUT2D eigenvalue weighted by Gasteiger charge is -2.37. The molecule has 32 heavy (non-hydrogen) atoms. The van der Waals surface area contributed by atoms with Crippen molar-refractivity contribution < 1.29 is 19.1 Å². The third kappa shape index (κ3) is 3.24. The van der Waals surface area contributed by atoms with Crippen LogP contribution in [0.5, 0.6) is 0 Å². The summed E-state index contributed by atoms with van der Waals surface area (Å²) < 4.78 is 10.7. The van der Waals surface area contributed by atoms with E-state index in [0.717, 1.165) is 11.1 Å². The average Bonchev–Trinajstić information content (AvgIpc) is 3.32. The van der Waals surface area contributed by atoms with E-state index in [1.54, 1.807) is 5.01 Å². The highest BCUT2D eigenvalue weighted by atomic mass is 16.5. The van der Waals surface area contributed by atoms with Crippen molar-refractivity contribution in [3.63, 3.8) is 0 Å². The minimum absolute atomic E-state index is 0.0157. The minimum Gasteiger partial charge on any atom is -0.466 e. The number of carbonyl (C=O) groups excluding carboxylic acids is 2. The molecule has 0 spiro atoms. The Balaban J connectivity index is 1.68. The van der Waals surface area contributed by atoms with Gasteiger partial charge in [0.05, 0.1) is 38.0 Å². The van der Waals surface area contributed by atoms with Crippen LogP contribution in [-0.4, -0.2) is 66.2 Å². The van der Waals surface area contributed by atoms with Crippen molar-refractivity contribution in [1.82, 2.24) is 14.9 Å². The molecular weight excluding hydrogens is 406 g/mol. The minimum atomic E-state index is -0.413. The number of hydrogen-bond donors (Lipinski definition) is 0. The molecule has 0 N–H and O–H groups in total. The number of allylic oxidation sites excluding steroid dienone is 1. The maximum Gasteiger partial charge on any atom is 0.337 e. The number of fused-ring (bicyclic) bond motifs is 1. The zero-order chi connectivity index (χ0) is 22.2. The van der Waals surface area contributed by atoms with Crippen molar-refractivity contribution in [2.45, 2.75) is 25.0 Å². The van der Waals surface area contributed by atoms with Crippen molar-refractivity contribution in [3.05, 3.63) is 83.1 Å². The van der Waals surface area contributed by atoms with Crippen LogP contribution < -0.4 is 0 Å². The second-order valence-electron chi connectivity index (χ2n) is 8.28. The quantitative estimate of drug-likeness (QED) is 0.691. The normalized spacial score (nSPS) is 26.5. The van der Waals surface area contributed by atoms with E-state index in [2.05, 4.69) is 22.0 Å². The molecule has 0 radical (unpaired) electrons. The predicted octanol–water partition coefficient (Wildman–Crippen LogP) is 2.69. The van der Waals surface area contributed by atoms with Gasteiger partial charge in [0.2, 0.25) is 0 Å². The van der Waals surface area contributed by atoms with E-state index in [1.165, 1.54) is 7.11 Å². The molecule has 3 aliphatic rings. The first-order chi connectivity index (χ1) is 15.6. The smallest absolute Gasteiger partial charge is 0.337 e. The zero-order valence-electron chi connectivity index (χ0n) is 18.3. The SMILES string of the molecule is COC(=O)C1=C(C)N2C(=O)[C@H](N3CCOCC3)[C@@H](c3ccccc3)N2[C@H]1c1ccccc1. The van der Waals surface area contributed by atoms with Gasteiger partial charge in [0.15, 0.2) is 0 Å². The van der Waals surface area contributed by atoms with Gasteiger partial charge in [-0.15, -0.1) is 0 Å². The molecule has 0 saturated carbocycles. The Labute approximate surface area is 187 Å². The molecule has 2 aromatic rings. The molecule has 0 bridgehead atoms.